The van der Waals surface area contributed by atoms with Crippen LogP contribution < -0.4 is 0 Å². The number of allylic oxidation sites excluding steroid dienone is 1. The summed E-state index contributed by atoms with van der Waals surface area (Å²) in [5.74, 6) is 1.14. The number of rotatable bonds is 8. The van der Waals surface area contributed by atoms with E-state index < -0.39 is 55.6 Å². The maximum Gasteiger partial charge on any atom is 0.186 e. The third-order valence-electron chi connectivity index (χ3n) is 12.6. The zero-order chi connectivity index (χ0) is 30.7. The highest BCUT2D eigenvalue weighted by Gasteiger charge is 2.64. The summed E-state index contributed by atoms with van der Waals surface area (Å²) < 4.78 is 12.4. The van der Waals surface area contributed by atoms with E-state index in [1.54, 1.807) is 0 Å². The third-order valence-corrected chi connectivity index (χ3v) is 12.6. The number of fused-ring (bicyclic) bond motifs is 5. The predicted octanol–water partition coefficient (Wildman–Crippen LogP) is 2.13. The first kappa shape index (κ1) is 32.8. The van der Waals surface area contributed by atoms with Crippen LogP contribution in [-0.4, -0.2) is 97.5 Å². The molecular weight excluding hydrogens is 540 g/mol. The van der Waals surface area contributed by atoms with E-state index in [2.05, 4.69) is 40.7 Å². The molecule has 9 nitrogen and oxygen atoms in total. The van der Waals surface area contributed by atoms with Gasteiger partial charge in [0.1, 0.15) is 24.4 Å². The van der Waals surface area contributed by atoms with Crippen molar-refractivity contribution in [2.45, 2.75) is 141 Å². The van der Waals surface area contributed by atoms with Crippen LogP contribution in [0.3, 0.4) is 0 Å². The van der Waals surface area contributed by atoms with Crippen molar-refractivity contribution in [3.05, 3.63) is 11.6 Å². The van der Waals surface area contributed by atoms with Gasteiger partial charge in [0.05, 0.1) is 31.0 Å². The molecule has 0 amide bonds. The molecule has 4 fully saturated rings. The summed E-state index contributed by atoms with van der Waals surface area (Å²) in [6.07, 6.45) is -0.418. The molecule has 3 saturated carbocycles. The van der Waals surface area contributed by atoms with Crippen molar-refractivity contribution < 1.29 is 45.2 Å². The summed E-state index contributed by atoms with van der Waals surface area (Å²) in [6, 6.07) is 0. The van der Waals surface area contributed by atoms with Crippen LogP contribution in [-0.2, 0) is 9.47 Å². The first-order valence-corrected chi connectivity index (χ1v) is 16.4. The molecule has 42 heavy (non-hydrogen) atoms. The van der Waals surface area contributed by atoms with Gasteiger partial charge in [0.2, 0.25) is 0 Å². The molecule has 7 N–H and O–H groups in total. The van der Waals surface area contributed by atoms with Gasteiger partial charge in [0.15, 0.2) is 6.29 Å². The van der Waals surface area contributed by atoms with E-state index in [0.29, 0.717) is 37.5 Å². The molecule has 0 spiro atoms. The third kappa shape index (κ3) is 5.43. The smallest absolute Gasteiger partial charge is 0.186 e. The van der Waals surface area contributed by atoms with Crippen LogP contribution in [0.4, 0.5) is 0 Å². The monoisotopic (exact) mass is 596 g/mol. The Bertz CT molecular complexity index is 971. The minimum absolute atomic E-state index is 0.0470. The zero-order valence-electron chi connectivity index (χ0n) is 26.0. The van der Waals surface area contributed by atoms with Gasteiger partial charge in [-0.25, -0.2) is 0 Å². The van der Waals surface area contributed by atoms with Gasteiger partial charge < -0.3 is 45.2 Å². The Morgan fingerprint density at radius 1 is 0.976 bits per heavy atom. The van der Waals surface area contributed by atoms with Gasteiger partial charge >= 0.3 is 0 Å². The summed E-state index contributed by atoms with van der Waals surface area (Å²) in [7, 11) is 0. The van der Waals surface area contributed by atoms with Crippen LogP contribution in [0.25, 0.3) is 0 Å². The van der Waals surface area contributed by atoms with E-state index in [9.17, 15) is 35.7 Å². The SMILES string of the molecule is CC(C)CCC(O)[C@@H](C)[C@H]1C(O[C@@H]2O[C@H](CO)[C@H](O)[C@H](O)[C@H]2O)C[C@H]2[C@@H]3CC=C4CC(O)CC(O)[C@]4(C)[C@H]3CC[C@]12C. The molecule has 5 rings (SSSR count). The molecule has 16 atom stereocenters. The topological polar surface area (TPSA) is 160 Å². The maximum absolute atomic E-state index is 11.4. The minimum atomic E-state index is -1.51. The van der Waals surface area contributed by atoms with Crippen molar-refractivity contribution in [3.63, 3.8) is 0 Å². The summed E-state index contributed by atoms with van der Waals surface area (Å²) in [5.41, 5.74) is 0.635. The maximum atomic E-state index is 11.4. The normalized spacial score (nSPS) is 50.5. The van der Waals surface area contributed by atoms with Gasteiger partial charge in [0.25, 0.3) is 0 Å². The molecule has 0 bridgehead atoms. The standard InChI is InChI=1S/C33H56O9/c1-16(2)6-9-23(36)17(3)27-24(41-31-30(40)29(39)28(38)25(15-34)42-31)14-22-20-8-7-18-12-19(35)13-26(37)33(18,5)21(20)10-11-32(22,27)4/h7,16-17,19-31,34-40H,6,8-15H2,1-5H3/t17-,19?,20-,21+,22+,23?,24?,25-,26?,27+,28+,29+,30-,31-,32+,33+/m1/s1. The van der Waals surface area contributed by atoms with Crippen molar-refractivity contribution in [1.29, 1.82) is 0 Å². The molecule has 0 radical (unpaired) electrons. The number of hydrogen-bond donors (Lipinski definition) is 7. The van der Waals surface area contributed by atoms with E-state index in [0.717, 1.165) is 25.7 Å². The van der Waals surface area contributed by atoms with Gasteiger partial charge in [-0.3, -0.25) is 0 Å². The van der Waals surface area contributed by atoms with E-state index in [1.165, 1.54) is 5.57 Å². The highest BCUT2D eigenvalue weighted by molar-refractivity contribution is 5.28. The summed E-state index contributed by atoms with van der Waals surface area (Å²) in [6.45, 7) is 10.4. The van der Waals surface area contributed by atoms with Crippen molar-refractivity contribution in [2.24, 2.45) is 46.3 Å². The average molecular weight is 597 g/mol. The molecule has 0 aromatic rings. The lowest BCUT2D eigenvalue weighted by atomic mass is 9.46. The highest BCUT2D eigenvalue weighted by Crippen LogP contribution is 2.68. The average Bonchev–Trinajstić information content (AvgIpc) is 3.24. The number of ether oxygens (including phenoxy) is 2. The van der Waals surface area contributed by atoms with E-state index >= 15 is 0 Å². The van der Waals surface area contributed by atoms with Crippen LogP contribution in [0.2, 0.25) is 0 Å². The molecule has 0 aromatic heterocycles. The molecule has 1 saturated heterocycles. The molecule has 1 aliphatic heterocycles. The fourth-order valence-electron chi connectivity index (χ4n) is 10.2. The second-order valence-electron chi connectivity index (χ2n) is 15.3. The summed E-state index contributed by atoms with van der Waals surface area (Å²) in [5, 5.41) is 74.5. The molecule has 5 aliphatic rings. The van der Waals surface area contributed by atoms with Crippen molar-refractivity contribution >= 4 is 0 Å². The molecule has 4 unspecified atom stereocenters. The Morgan fingerprint density at radius 3 is 2.36 bits per heavy atom. The van der Waals surface area contributed by atoms with Crippen molar-refractivity contribution in [2.75, 3.05) is 6.61 Å². The highest BCUT2D eigenvalue weighted by atomic mass is 16.7. The molecule has 4 aliphatic carbocycles. The molecule has 242 valence electrons. The Morgan fingerprint density at radius 2 is 1.69 bits per heavy atom. The minimum Gasteiger partial charge on any atom is -0.394 e. The van der Waals surface area contributed by atoms with Crippen molar-refractivity contribution in [1.82, 2.24) is 0 Å². The molecule has 9 heteroatoms. The van der Waals surface area contributed by atoms with Gasteiger partial charge in [-0.15, -0.1) is 0 Å². The molecule has 0 aromatic carbocycles. The first-order valence-electron chi connectivity index (χ1n) is 16.4. The molecular formula is C33H56O9. The van der Waals surface area contributed by atoms with Crippen LogP contribution in [0.5, 0.6) is 0 Å². The fraction of sp³-hybridized carbons (Fsp3) is 0.939. The van der Waals surface area contributed by atoms with E-state index in [4.69, 9.17) is 9.47 Å². The lowest BCUT2D eigenvalue weighted by molar-refractivity contribution is -0.316. The second-order valence-corrected chi connectivity index (χ2v) is 15.3. The van der Waals surface area contributed by atoms with Gasteiger partial charge in [0, 0.05) is 11.8 Å². The van der Waals surface area contributed by atoms with E-state index in [1.807, 2.05) is 0 Å². The van der Waals surface area contributed by atoms with Gasteiger partial charge in [-0.2, -0.15) is 0 Å². The van der Waals surface area contributed by atoms with Crippen LogP contribution >= 0.6 is 0 Å². The second kappa shape index (κ2) is 12.3. The van der Waals surface area contributed by atoms with Gasteiger partial charge in [-0.05, 0) is 85.9 Å². The van der Waals surface area contributed by atoms with Crippen LogP contribution in [0.1, 0.15) is 86.0 Å². The number of hydrogen-bond acceptors (Lipinski definition) is 9. The Hall–Kier alpha value is -0.620. The Labute approximate surface area is 250 Å². The number of aliphatic hydroxyl groups is 7. The molecule has 1 heterocycles. The Balaban J connectivity index is 1.46. The largest absolute Gasteiger partial charge is 0.394 e. The summed E-state index contributed by atoms with van der Waals surface area (Å²) >= 11 is 0. The van der Waals surface area contributed by atoms with Gasteiger partial charge in [-0.1, -0.05) is 46.3 Å². The lowest BCUT2D eigenvalue weighted by Gasteiger charge is -2.59. The fourth-order valence-corrected chi connectivity index (χ4v) is 10.2. The number of aliphatic hydroxyl groups excluding tert-OH is 7. The predicted molar refractivity (Wildman–Crippen MR) is 156 cm³/mol. The van der Waals surface area contributed by atoms with E-state index in [-0.39, 0.29) is 40.6 Å². The Kier molecular flexibility index (Phi) is 9.59. The zero-order valence-corrected chi connectivity index (χ0v) is 26.0. The van der Waals surface area contributed by atoms with Crippen LogP contribution in [0.15, 0.2) is 11.6 Å². The summed E-state index contributed by atoms with van der Waals surface area (Å²) in [4.78, 5) is 0. The van der Waals surface area contributed by atoms with Crippen LogP contribution in [0, 0.1) is 46.3 Å². The lowest BCUT2D eigenvalue weighted by Crippen LogP contribution is -2.60. The quantitative estimate of drug-likeness (QED) is 0.208. The van der Waals surface area contributed by atoms with Crippen molar-refractivity contribution in [3.8, 4) is 0 Å². The first-order chi connectivity index (χ1) is 19.7.